The highest BCUT2D eigenvalue weighted by Crippen LogP contribution is 2.65. The topological polar surface area (TPSA) is 52.6 Å². The van der Waals surface area contributed by atoms with Crippen LogP contribution in [0.25, 0.3) is 0 Å². The molecule has 0 N–H and O–H groups in total. The molecule has 4 heteroatoms. The van der Waals surface area contributed by atoms with Gasteiger partial charge in [0, 0.05) is 12.3 Å². The maximum atomic E-state index is 11.9. The van der Waals surface area contributed by atoms with Crippen LogP contribution in [0.5, 0.6) is 0 Å². The van der Waals surface area contributed by atoms with Gasteiger partial charge in [-0.3, -0.25) is 9.59 Å². The van der Waals surface area contributed by atoms with Gasteiger partial charge in [0.2, 0.25) is 0 Å². The number of ether oxygens (including phenoxy) is 2. The van der Waals surface area contributed by atoms with Gasteiger partial charge >= 0.3 is 11.9 Å². The molecule has 2 aliphatic rings. The molecule has 0 unspecified atom stereocenters. The Balaban J connectivity index is 2.29. The highest BCUT2D eigenvalue weighted by molar-refractivity contribution is 5.82. The lowest BCUT2D eigenvalue weighted by molar-refractivity contribution is -0.171. The van der Waals surface area contributed by atoms with Gasteiger partial charge in [0.25, 0.3) is 0 Å². The maximum Gasteiger partial charge on any atom is 0.313 e. The van der Waals surface area contributed by atoms with Gasteiger partial charge in [0.05, 0.1) is 5.41 Å². The molecule has 1 heterocycles. The number of hydrogen-bond acceptors (Lipinski definition) is 4. The van der Waals surface area contributed by atoms with Crippen LogP contribution in [0.3, 0.4) is 0 Å². The summed E-state index contributed by atoms with van der Waals surface area (Å²) in [4.78, 5) is 22.7. The van der Waals surface area contributed by atoms with Crippen molar-refractivity contribution >= 4 is 11.9 Å². The van der Waals surface area contributed by atoms with Crippen molar-refractivity contribution in [2.24, 2.45) is 10.8 Å². The van der Waals surface area contributed by atoms with E-state index in [9.17, 15) is 9.59 Å². The summed E-state index contributed by atoms with van der Waals surface area (Å²) in [5.41, 5.74) is -1.34. The molecule has 2 atom stereocenters. The van der Waals surface area contributed by atoms with Gasteiger partial charge in [0.1, 0.15) is 6.61 Å². The zero-order valence-corrected chi connectivity index (χ0v) is 10.3. The first-order valence-corrected chi connectivity index (χ1v) is 5.62. The molecule has 1 saturated heterocycles. The molecule has 90 valence electrons. The van der Waals surface area contributed by atoms with Crippen molar-refractivity contribution in [3.63, 3.8) is 0 Å². The van der Waals surface area contributed by atoms with Crippen LogP contribution in [-0.4, -0.2) is 24.1 Å². The third-order valence-corrected chi connectivity index (χ3v) is 4.79. The molecule has 2 rings (SSSR count). The Bertz CT molecular complexity index is 360. The quantitative estimate of drug-likeness (QED) is 0.672. The molecule has 2 fully saturated rings. The van der Waals surface area contributed by atoms with Gasteiger partial charge in [-0.2, -0.15) is 0 Å². The maximum absolute atomic E-state index is 11.9. The van der Waals surface area contributed by atoms with Crippen LogP contribution in [0.1, 0.15) is 40.5 Å². The Kier molecular flexibility index (Phi) is 2.14. The Morgan fingerprint density at radius 1 is 1.38 bits per heavy atom. The van der Waals surface area contributed by atoms with Crippen molar-refractivity contribution in [1.29, 1.82) is 0 Å². The summed E-state index contributed by atoms with van der Waals surface area (Å²) in [6.45, 7) is 7.53. The zero-order chi connectivity index (χ0) is 12.2. The monoisotopic (exact) mass is 226 g/mol. The molecule has 0 spiro atoms. The number of esters is 2. The summed E-state index contributed by atoms with van der Waals surface area (Å²) in [5.74, 6) is -0.488. The number of carbonyl (C=O) groups excluding carboxylic acids is 2. The molecule has 0 aromatic heterocycles. The standard InChI is InChI=1S/C12H18O4/c1-8(13)15-7-12-6-5-11(4,9(14)16-12)10(12,2)3/h5-7H2,1-4H3/t11-,12+/m0/s1. The van der Waals surface area contributed by atoms with E-state index in [0.29, 0.717) is 0 Å². The molecule has 2 bridgehead atoms. The fourth-order valence-electron chi connectivity index (χ4n) is 2.91. The Hall–Kier alpha value is -1.06. The van der Waals surface area contributed by atoms with Crippen molar-refractivity contribution in [2.75, 3.05) is 6.61 Å². The number of carbonyl (C=O) groups is 2. The predicted octanol–water partition coefficient (Wildman–Crippen LogP) is 1.67. The highest BCUT2D eigenvalue weighted by atomic mass is 16.6. The average Bonchev–Trinajstić information content (AvgIpc) is 2.45. The third kappa shape index (κ3) is 1.10. The van der Waals surface area contributed by atoms with E-state index in [-0.39, 0.29) is 24.0 Å². The lowest BCUT2D eigenvalue weighted by atomic mass is 9.66. The molecule has 1 aliphatic carbocycles. The van der Waals surface area contributed by atoms with E-state index >= 15 is 0 Å². The summed E-state index contributed by atoms with van der Waals surface area (Å²) in [5, 5.41) is 0. The van der Waals surface area contributed by atoms with Crippen molar-refractivity contribution in [2.45, 2.75) is 46.1 Å². The van der Waals surface area contributed by atoms with Crippen LogP contribution in [0.4, 0.5) is 0 Å². The lowest BCUT2D eigenvalue weighted by Crippen LogP contribution is -2.45. The summed E-state index contributed by atoms with van der Waals surface area (Å²) in [6, 6.07) is 0. The molecule has 0 radical (unpaired) electrons. The van der Waals surface area contributed by atoms with E-state index in [1.165, 1.54) is 6.92 Å². The fourth-order valence-corrected chi connectivity index (χ4v) is 2.91. The van der Waals surface area contributed by atoms with Crippen molar-refractivity contribution in [1.82, 2.24) is 0 Å². The number of hydrogen-bond donors (Lipinski definition) is 0. The molecule has 4 nitrogen and oxygen atoms in total. The molecule has 16 heavy (non-hydrogen) atoms. The molecular formula is C12H18O4. The van der Waals surface area contributed by atoms with Crippen molar-refractivity contribution < 1.29 is 19.1 Å². The highest BCUT2D eigenvalue weighted by Gasteiger charge is 2.72. The van der Waals surface area contributed by atoms with E-state index < -0.39 is 11.0 Å². The minimum atomic E-state index is -0.621. The van der Waals surface area contributed by atoms with E-state index in [0.717, 1.165) is 12.8 Å². The largest absolute Gasteiger partial charge is 0.462 e. The third-order valence-electron chi connectivity index (χ3n) is 4.79. The summed E-state index contributed by atoms with van der Waals surface area (Å²) < 4.78 is 10.6. The van der Waals surface area contributed by atoms with E-state index in [2.05, 4.69) is 0 Å². The summed E-state index contributed by atoms with van der Waals surface area (Å²) in [6.07, 6.45) is 1.58. The van der Waals surface area contributed by atoms with Gasteiger partial charge < -0.3 is 9.47 Å². The summed E-state index contributed by atoms with van der Waals surface area (Å²) in [7, 11) is 0. The Morgan fingerprint density at radius 2 is 2.00 bits per heavy atom. The second-order valence-electron chi connectivity index (χ2n) is 5.62. The van der Waals surface area contributed by atoms with Crippen LogP contribution in [0, 0.1) is 10.8 Å². The molecule has 0 amide bonds. The first-order valence-electron chi connectivity index (χ1n) is 5.62. The fraction of sp³-hybridized carbons (Fsp3) is 0.833. The lowest BCUT2D eigenvalue weighted by Gasteiger charge is -2.36. The summed E-state index contributed by atoms with van der Waals surface area (Å²) >= 11 is 0. The zero-order valence-electron chi connectivity index (χ0n) is 10.3. The van der Waals surface area contributed by atoms with Gasteiger partial charge in [-0.15, -0.1) is 0 Å². The first-order chi connectivity index (χ1) is 7.25. The first kappa shape index (κ1) is 11.4. The van der Waals surface area contributed by atoms with E-state index in [1.54, 1.807) is 0 Å². The van der Waals surface area contributed by atoms with Crippen molar-refractivity contribution in [3.05, 3.63) is 0 Å². The Morgan fingerprint density at radius 3 is 2.38 bits per heavy atom. The van der Waals surface area contributed by atoms with Gasteiger partial charge in [-0.25, -0.2) is 0 Å². The molecule has 0 aromatic rings. The van der Waals surface area contributed by atoms with Gasteiger partial charge in [0.15, 0.2) is 5.60 Å². The normalized spacial score (nSPS) is 39.6. The minimum absolute atomic E-state index is 0.157. The molecule has 1 saturated carbocycles. The minimum Gasteiger partial charge on any atom is -0.462 e. The number of rotatable bonds is 2. The van der Waals surface area contributed by atoms with E-state index in [1.807, 2.05) is 20.8 Å². The average molecular weight is 226 g/mol. The van der Waals surface area contributed by atoms with Crippen LogP contribution in [0.2, 0.25) is 0 Å². The molecule has 0 aromatic carbocycles. The van der Waals surface area contributed by atoms with Gasteiger partial charge in [-0.05, 0) is 19.8 Å². The van der Waals surface area contributed by atoms with Crippen LogP contribution < -0.4 is 0 Å². The van der Waals surface area contributed by atoms with Crippen LogP contribution in [-0.2, 0) is 19.1 Å². The number of fused-ring (bicyclic) bond motifs is 2. The SMILES string of the molecule is CC(=O)OC[C@@]12CC[C@@](C)(C(=O)O1)C2(C)C. The Labute approximate surface area is 95.3 Å². The van der Waals surface area contributed by atoms with Crippen LogP contribution >= 0.6 is 0 Å². The van der Waals surface area contributed by atoms with Crippen molar-refractivity contribution in [3.8, 4) is 0 Å². The predicted molar refractivity (Wildman–Crippen MR) is 56.6 cm³/mol. The second-order valence-corrected chi connectivity index (χ2v) is 5.62. The van der Waals surface area contributed by atoms with Crippen LogP contribution in [0.15, 0.2) is 0 Å². The van der Waals surface area contributed by atoms with Gasteiger partial charge in [-0.1, -0.05) is 13.8 Å². The smallest absolute Gasteiger partial charge is 0.313 e. The van der Waals surface area contributed by atoms with E-state index in [4.69, 9.17) is 9.47 Å². The molecule has 1 aliphatic heterocycles. The second kappa shape index (κ2) is 2.99. The molecular weight excluding hydrogens is 208 g/mol.